The fourth-order valence-electron chi connectivity index (χ4n) is 2.64. The minimum atomic E-state index is -1.23. The zero-order valence-electron chi connectivity index (χ0n) is 13.7. The molecule has 0 radical (unpaired) electrons. The van der Waals surface area contributed by atoms with Crippen LogP contribution in [0.4, 0.5) is 5.00 Å². The zero-order chi connectivity index (χ0) is 17.7. The van der Waals surface area contributed by atoms with E-state index >= 15 is 0 Å². The van der Waals surface area contributed by atoms with Crippen molar-refractivity contribution >= 4 is 34.2 Å². The molecular weight excluding hydrogens is 330 g/mol. The second kappa shape index (κ2) is 8.10. The predicted molar refractivity (Wildman–Crippen MR) is 88.6 cm³/mol. The maximum Gasteiger partial charge on any atom is 0.341 e. The third kappa shape index (κ3) is 4.03. The third-order valence-electron chi connectivity index (χ3n) is 3.94. The molecule has 1 aliphatic rings. The zero-order valence-corrected chi connectivity index (χ0v) is 14.5. The van der Waals surface area contributed by atoms with E-state index in [4.69, 9.17) is 4.74 Å². The van der Waals surface area contributed by atoms with E-state index in [1.165, 1.54) is 11.3 Å². The smallest absolute Gasteiger partial charge is 0.341 e. The standard InChI is InChI=1S/C17H21NO5S/c1-3-10-9-13(17(22)23-4-2)15(24-10)18-14(19)11-7-5-6-8-12(11)16(20)21/h5-6,9,11-12H,3-4,7-8H2,1-2H3,(H,18,19)(H,20,21)/p-1/t11-,12+/m1/s1. The first-order valence-electron chi connectivity index (χ1n) is 7.94. The largest absolute Gasteiger partial charge is 0.550 e. The van der Waals surface area contributed by atoms with Crippen molar-refractivity contribution in [1.82, 2.24) is 0 Å². The van der Waals surface area contributed by atoms with Gasteiger partial charge in [-0.2, -0.15) is 0 Å². The van der Waals surface area contributed by atoms with Crippen LogP contribution in [0, 0.1) is 11.8 Å². The Balaban J connectivity index is 2.21. The van der Waals surface area contributed by atoms with E-state index in [2.05, 4.69) is 5.32 Å². The van der Waals surface area contributed by atoms with Gasteiger partial charge in [-0.25, -0.2) is 4.79 Å². The minimum Gasteiger partial charge on any atom is -0.550 e. The van der Waals surface area contributed by atoms with Crippen LogP contribution < -0.4 is 10.4 Å². The van der Waals surface area contributed by atoms with Crippen molar-refractivity contribution in [2.75, 3.05) is 11.9 Å². The van der Waals surface area contributed by atoms with Gasteiger partial charge in [0.15, 0.2) is 0 Å². The van der Waals surface area contributed by atoms with Crippen molar-refractivity contribution in [2.45, 2.75) is 33.1 Å². The molecule has 1 aromatic rings. The Labute approximate surface area is 144 Å². The van der Waals surface area contributed by atoms with Crippen LogP contribution in [0.5, 0.6) is 0 Å². The van der Waals surface area contributed by atoms with Gasteiger partial charge in [-0.05, 0) is 32.3 Å². The second-order valence-corrected chi connectivity index (χ2v) is 6.63. The number of amides is 1. The molecule has 2 atom stereocenters. The highest BCUT2D eigenvalue weighted by molar-refractivity contribution is 7.16. The number of nitrogens with one attached hydrogen (secondary N) is 1. The molecule has 0 fully saturated rings. The molecule has 1 N–H and O–H groups in total. The number of carboxylic acid groups (broad SMARTS) is 1. The number of ether oxygens (including phenoxy) is 1. The number of carbonyl (C=O) groups is 3. The molecule has 0 aromatic carbocycles. The van der Waals surface area contributed by atoms with E-state index in [9.17, 15) is 19.5 Å². The van der Waals surface area contributed by atoms with E-state index in [1.807, 2.05) is 6.92 Å². The molecular formula is C17H20NO5S-. The summed E-state index contributed by atoms with van der Waals surface area (Å²) in [5, 5.41) is 14.4. The lowest BCUT2D eigenvalue weighted by atomic mass is 9.82. The molecule has 0 spiro atoms. The molecule has 0 aliphatic heterocycles. The van der Waals surface area contributed by atoms with Gasteiger partial charge in [0, 0.05) is 16.8 Å². The minimum absolute atomic E-state index is 0.240. The van der Waals surface area contributed by atoms with E-state index < -0.39 is 29.7 Å². The number of allylic oxidation sites excluding steroid dienone is 2. The Kier molecular flexibility index (Phi) is 6.14. The number of hydrogen-bond donors (Lipinski definition) is 1. The normalized spacial score (nSPS) is 19.8. The average Bonchev–Trinajstić information content (AvgIpc) is 2.98. The first-order valence-corrected chi connectivity index (χ1v) is 8.76. The maximum atomic E-state index is 12.5. The summed E-state index contributed by atoms with van der Waals surface area (Å²) in [7, 11) is 0. The molecule has 24 heavy (non-hydrogen) atoms. The predicted octanol–water partition coefficient (Wildman–Crippen LogP) is 1.76. The number of anilines is 1. The fraction of sp³-hybridized carbons (Fsp3) is 0.471. The van der Waals surface area contributed by atoms with Gasteiger partial charge in [-0.1, -0.05) is 19.1 Å². The molecule has 0 saturated carbocycles. The van der Waals surface area contributed by atoms with Gasteiger partial charge in [-0.3, -0.25) is 4.79 Å². The van der Waals surface area contributed by atoms with Crippen molar-refractivity contribution in [2.24, 2.45) is 11.8 Å². The van der Waals surface area contributed by atoms with Gasteiger partial charge in [0.25, 0.3) is 0 Å². The average molecular weight is 350 g/mol. The van der Waals surface area contributed by atoms with Crippen molar-refractivity contribution in [3.8, 4) is 0 Å². The summed E-state index contributed by atoms with van der Waals surface area (Å²) in [6.45, 7) is 3.90. The van der Waals surface area contributed by atoms with Gasteiger partial charge in [0.05, 0.1) is 18.1 Å². The van der Waals surface area contributed by atoms with Crippen LogP contribution >= 0.6 is 11.3 Å². The highest BCUT2D eigenvalue weighted by Crippen LogP contribution is 2.32. The van der Waals surface area contributed by atoms with Gasteiger partial charge in [0.2, 0.25) is 5.91 Å². The molecule has 2 rings (SSSR count). The van der Waals surface area contributed by atoms with E-state index in [-0.39, 0.29) is 13.0 Å². The van der Waals surface area contributed by atoms with Crippen LogP contribution in [0.15, 0.2) is 18.2 Å². The molecule has 0 saturated heterocycles. The maximum absolute atomic E-state index is 12.5. The lowest BCUT2D eigenvalue weighted by Crippen LogP contribution is -2.41. The van der Waals surface area contributed by atoms with Crippen molar-refractivity contribution in [3.05, 3.63) is 28.7 Å². The summed E-state index contributed by atoms with van der Waals surface area (Å²) in [5.41, 5.74) is 0.309. The Morgan fingerprint density at radius 1 is 1.25 bits per heavy atom. The quantitative estimate of drug-likeness (QED) is 0.623. The van der Waals surface area contributed by atoms with Crippen LogP contribution in [0.1, 0.15) is 41.9 Å². The monoisotopic (exact) mass is 350 g/mol. The molecule has 6 nitrogen and oxygen atoms in total. The van der Waals surface area contributed by atoms with Crippen molar-refractivity contribution < 1.29 is 24.2 Å². The summed E-state index contributed by atoms with van der Waals surface area (Å²) in [6, 6.07) is 1.70. The van der Waals surface area contributed by atoms with Gasteiger partial charge in [-0.15, -0.1) is 11.3 Å². The van der Waals surface area contributed by atoms with Crippen LogP contribution in [0.2, 0.25) is 0 Å². The van der Waals surface area contributed by atoms with Gasteiger partial charge >= 0.3 is 5.97 Å². The summed E-state index contributed by atoms with van der Waals surface area (Å²) in [6.07, 6.45) is 4.87. The molecule has 1 aromatic heterocycles. The fourth-order valence-corrected chi connectivity index (χ4v) is 3.63. The Bertz CT molecular complexity index is 664. The van der Waals surface area contributed by atoms with Crippen LogP contribution in [0.3, 0.4) is 0 Å². The summed E-state index contributed by atoms with van der Waals surface area (Å²) < 4.78 is 5.01. The Morgan fingerprint density at radius 2 is 1.92 bits per heavy atom. The van der Waals surface area contributed by atoms with E-state index in [0.29, 0.717) is 17.0 Å². The number of carboxylic acids is 1. The van der Waals surface area contributed by atoms with Gasteiger partial charge in [0.1, 0.15) is 5.00 Å². The van der Waals surface area contributed by atoms with Crippen molar-refractivity contribution in [3.63, 3.8) is 0 Å². The first-order chi connectivity index (χ1) is 11.5. The Morgan fingerprint density at radius 3 is 2.50 bits per heavy atom. The van der Waals surface area contributed by atoms with Crippen LogP contribution in [-0.4, -0.2) is 24.5 Å². The second-order valence-electron chi connectivity index (χ2n) is 5.49. The van der Waals surface area contributed by atoms with E-state index in [1.54, 1.807) is 25.1 Å². The number of carbonyl (C=O) groups excluding carboxylic acids is 3. The molecule has 130 valence electrons. The van der Waals surface area contributed by atoms with Crippen LogP contribution in [0.25, 0.3) is 0 Å². The van der Waals surface area contributed by atoms with Gasteiger partial charge < -0.3 is 20.0 Å². The lowest BCUT2D eigenvalue weighted by Gasteiger charge is -2.28. The lowest BCUT2D eigenvalue weighted by molar-refractivity contribution is -0.313. The SMILES string of the molecule is CCOC(=O)c1cc(CC)sc1NC(=O)[C@@H]1CC=CC[C@@H]1C(=O)[O-]. The topological polar surface area (TPSA) is 95.5 Å². The number of hydrogen-bond acceptors (Lipinski definition) is 6. The summed E-state index contributed by atoms with van der Waals surface area (Å²) in [4.78, 5) is 36.7. The Hall–Kier alpha value is -2.15. The number of esters is 1. The number of aryl methyl sites for hydroxylation is 1. The number of thiophene rings is 1. The van der Waals surface area contributed by atoms with Crippen molar-refractivity contribution in [1.29, 1.82) is 0 Å². The molecule has 0 bridgehead atoms. The molecule has 1 amide bonds. The number of rotatable bonds is 6. The van der Waals surface area contributed by atoms with Crippen LogP contribution in [-0.2, 0) is 20.7 Å². The molecule has 1 heterocycles. The molecule has 7 heteroatoms. The highest BCUT2D eigenvalue weighted by Gasteiger charge is 2.31. The molecule has 1 aliphatic carbocycles. The van der Waals surface area contributed by atoms with E-state index in [0.717, 1.165) is 11.3 Å². The number of aliphatic carboxylic acids is 1. The first kappa shape index (κ1) is 18.2. The molecule has 0 unspecified atom stereocenters. The summed E-state index contributed by atoms with van der Waals surface area (Å²) >= 11 is 1.30. The third-order valence-corrected chi connectivity index (χ3v) is 5.13. The highest BCUT2D eigenvalue weighted by atomic mass is 32.1. The summed E-state index contributed by atoms with van der Waals surface area (Å²) in [5.74, 6) is -3.70.